The van der Waals surface area contributed by atoms with E-state index in [1.54, 1.807) is 6.07 Å². The molecule has 0 radical (unpaired) electrons. The summed E-state index contributed by atoms with van der Waals surface area (Å²) in [6, 6.07) is 13.3. The van der Waals surface area contributed by atoms with Gasteiger partial charge >= 0.3 is 0 Å². The van der Waals surface area contributed by atoms with Crippen molar-refractivity contribution >= 4 is 11.6 Å². The molecule has 2 aromatic rings. The summed E-state index contributed by atoms with van der Waals surface area (Å²) >= 11 is 0. The highest BCUT2D eigenvalue weighted by Crippen LogP contribution is 2.26. The number of nitrogens with two attached hydrogens (primary N) is 1. The first-order valence-electron chi connectivity index (χ1n) is 7.12. The van der Waals surface area contributed by atoms with E-state index in [4.69, 9.17) is 10.5 Å². The minimum atomic E-state index is -0.101. The first-order valence-corrected chi connectivity index (χ1v) is 7.12. The molecular weight excluding hydrogens is 264 g/mol. The number of nitrogens with one attached hydrogen (secondary N) is 1. The second-order valence-corrected chi connectivity index (χ2v) is 5.11. The molecular formula is C17H18N2O2. The van der Waals surface area contributed by atoms with Crippen LogP contribution in [0.3, 0.4) is 0 Å². The smallest absolute Gasteiger partial charge is 0.255 e. The van der Waals surface area contributed by atoms with Crippen molar-refractivity contribution in [3.05, 3.63) is 59.2 Å². The van der Waals surface area contributed by atoms with Crippen LogP contribution in [0.15, 0.2) is 42.5 Å². The third-order valence-corrected chi connectivity index (χ3v) is 3.60. The fourth-order valence-electron chi connectivity index (χ4n) is 2.45. The Morgan fingerprint density at radius 3 is 2.76 bits per heavy atom. The highest BCUT2D eigenvalue weighted by atomic mass is 16.5. The number of fused-ring (bicyclic) bond motifs is 1. The van der Waals surface area contributed by atoms with Crippen LogP contribution in [0.1, 0.15) is 21.5 Å². The molecule has 2 aromatic carbocycles. The number of benzene rings is 2. The molecule has 0 spiro atoms. The molecule has 0 saturated heterocycles. The van der Waals surface area contributed by atoms with Gasteiger partial charge in [0, 0.05) is 17.7 Å². The number of carbonyl (C=O) groups is 1. The summed E-state index contributed by atoms with van der Waals surface area (Å²) in [6.45, 7) is 1.33. The van der Waals surface area contributed by atoms with Crippen molar-refractivity contribution in [2.24, 2.45) is 5.73 Å². The Morgan fingerprint density at radius 2 is 2.00 bits per heavy atom. The molecule has 0 fully saturated rings. The van der Waals surface area contributed by atoms with Gasteiger partial charge in [-0.3, -0.25) is 4.79 Å². The molecule has 1 aliphatic heterocycles. The monoisotopic (exact) mass is 282 g/mol. The quantitative estimate of drug-likeness (QED) is 0.905. The van der Waals surface area contributed by atoms with Crippen LogP contribution in [0.25, 0.3) is 0 Å². The van der Waals surface area contributed by atoms with Crippen LogP contribution in [0.5, 0.6) is 5.75 Å². The lowest BCUT2D eigenvalue weighted by atomic mass is 10.1. The van der Waals surface area contributed by atoms with E-state index in [9.17, 15) is 4.79 Å². The molecule has 0 bridgehead atoms. The summed E-state index contributed by atoms with van der Waals surface area (Å²) in [5.74, 6) is 0.786. The van der Waals surface area contributed by atoms with Gasteiger partial charge in [0.15, 0.2) is 0 Å². The molecule has 21 heavy (non-hydrogen) atoms. The fraction of sp³-hybridized carbons (Fsp3) is 0.235. The van der Waals surface area contributed by atoms with E-state index in [0.717, 1.165) is 29.8 Å². The molecule has 0 unspecified atom stereocenters. The molecule has 0 atom stereocenters. The summed E-state index contributed by atoms with van der Waals surface area (Å²) < 4.78 is 5.45. The molecule has 0 aromatic heterocycles. The highest BCUT2D eigenvalue weighted by Gasteiger charge is 2.15. The maximum atomic E-state index is 12.3. The third-order valence-electron chi connectivity index (χ3n) is 3.60. The van der Waals surface area contributed by atoms with Crippen LogP contribution in [0, 0.1) is 0 Å². The van der Waals surface area contributed by atoms with Gasteiger partial charge in [-0.15, -0.1) is 0 Å². The van der Waals surface area contributed by atoms with Gasteiger partial charge in [0.25, 0.3) is 5.91 Å². The minimum Gasteiger partial charge on any atom is -0.493 e. The van der Waals surface area contributed by atoms with Gasteiger partial charge in [0.2, 0.25) is 0 Å². The standard InChI is InChI=1S/C17H18N2O2/c18-9-7-12-1-4-15(5-2-12)19-17(20)14-3-6-16-13(11-14)8-10-21-16/h1-6,11H,7-10,18H2,(H,19,20). The van der Waals surface area contributed by atoms with Crippen molar-refractivity contribution in [2.45, 2.75) is 12.8 Å². The molecule has 1 aliphatic rings. The number of hydrogen-bond acceptors (Lipinski definition) is 3. The zero-order valence-electron chi connectivity index (χ0n) is 11.8. The molecule has 0 saturated carbocycles. The zero-order chi connectivity index (χ0) is 14.7. The van der Waals surface area contributed by atoms with Gasteiger partial charge in [0.1, 0.15) is 5.75 Å². The lowest BCUT2D eigenvalue weighted by Gasteiger charge is -2.07. The second-order valence-electron chi connectivity index (χ2n) is 5.11. The van der Waals surface area contributed by atoms with Crippen LogP contribution < -0.4 is 15.8 Å². The molecule has 0 aliphatic carbocycles. The summed E-state index contributed by atoms with van der Waals surface area (Å²) in [7, 11) is 0. The molecule has 1 amide bonds. The second kappa shape index (κ2) is 5.97. The van der Waals surface area contributed by atoms with E-state index in [-0.39, 0.29) is 5.91 Å². The summed E-state index contributed by atoms with van der Waals surface area (Å²) in [5, 5.41) is 2.91. The molecule has 108 valence electrons. The summed E-state index contributed by atoms with van der Waals surface area (Å²) in [4.78, 5) is 12.3. The fourth-order valence-corrected chi connectivity index (χ4v) is 2.45. The maximum absolute atomic E-state index is 12.3. The average Bonchev–Trinajstić information content (AvgIpc) is 2.97. The van der Waals surface area contributed by atoms with Gasteiger partial charge in [-0.05, 0) is 54.4 Å². The molecule has 1 heterocycles. The van der Waals surface area contributed by atoms with Crippen LogP contribution in [-0.2, 0) is 12.8 Å². The van der Waals surface area contributed by atoms with Crippen molar-refractivity contribution < 1.29 is 9.53 Å². The van der Waals surface area contributed by atoms with E-state index in [1.807, 2.05) is 36.4 Å². The topological polar surface area (TPSA) is 64.3 Å². The van der Waals surface area contributed by atoms with Crippen LogP contribution in [-0.4, -0.2) is 19.1 Å². The van der Waals surface area contributed by atoms with Crippen LogP contribution in [0.2, 0.25) is 0 Å². The van der Waals surface area contributed by atoms with E-state index in [0.29, 0.717) is 18.7 Å². The number of hydrogen-bond donors (Lipinski definition) is 2. The van der Waals surface area contributed by atoms with Crippen molar-refractivity contribution in [3.63, 3.8) is 0 Å². The summed E-state index contributed by atoms with van der Waals surface area (Å²) in [6.07, 6.45) is 1.71. The largest absolute Gasteiger partial charge is 0.493 e. The lowest BCUT2D eigenvalue weighted by molar-refractivity contribution is 0.102. The van der Waals surface area contributed by atoms with Crippen molar-refractivity contribution in [1.82, 2.24) is 0 Å². The van der Waals surface area contributed by atoms with E-state index >= 15 is 0 Å². The normalized spacial score (nSPS) is 12.6. The Balaban J connectivity index is 1.71. The Labute approximate surface area is 123 Å². The van der Waals surface area contributed by atoms with Crippen LogP contribution >= 0.6 is 0 Å². The molecule has 3 rings (SSSR count). The van der Waals surface area contributed by atoms with Gasteiger partial charge < -0.3 is 15.8 Å². The van der Waals surface area contributed by atoms with E-state index in [1.165, 1.54) is 5.56 Å². The predicted molar refractivity (Wildman–Crippen MR) is 82.8 cm³/mol. The lowest BCUT2D eigenvalue weighted by Crippen LogP contribution is -2.12. The average molecular weight is 282 g/mol. The van der Waals surface area contributed by atoms with Gasteiger partial charge in [-0.1, -0.05) is 12.1 Å². The highest BCUT2D eigenvalue weighted by molar-refractivity contribution is 6.04. The van der Waals surface area contributed by atoms with Gasteiger partial charge in [0.05, 0.1) is 6.61 Å². The molecule has 4 nitrogen and oxygen atoms in total. The predicted octanol–water partition coefficient (Wildman–Crippen LogP) is 2.38. The van der Waals surface area contributed by atoms with Gasteiger partial charge in [-0.25, -0.2) is 0 Å². The SMILES string of the molecule is NCCc1ccc(NC(=O)c2ccc3c(c2)CCO3)cc1. The Hall–Kier alpha value is -2.33. The molecule has 4 heteroatoms. The number of rotatable bonds is 4. The number of amides is 1. The molecule has 3 N–H and O–H groups in total. The maximum Gasteiger partial charge on any atom is 0.255 e. The Morgan fingerprint density at radius 1 is 1.19 bits per heavy atom. The third kappa shape index (κ3) is 3.06. The van der Waals surface area contributed by atoms with Crippen molar-refractivity contribution in [3.8, 4) is 5.75 Å². The minimum absolute atomic E-state index is 0.101. The first-order chi connectivity index (χ1) is 10.3. The van der Waals surface area contributed by atoms with Crippen molar-refractivity contribution in [1.29, 1.82) is 0 Å². The Bertz CT molecular complexity index is 650. The Kier molecular flexibility index (Phi) is 3.88. The van der Waals surface area contributed by atoms with Crippen molar-refractivity contribution in [2.75, 3.05) is 18.5 Å². The number of ether oxygens (including phenoxy) is 1. The first kappa shape index (κ1) is 13.6. The summed E-state index contributed by atoms with van der Waals surface area (Å²) in [5.41, 5.74) is 9.24. The van der Waals surface area contributed by atoms with Crippen LogP contribution in [0.4, 0.5) is 5.69 Å². The zero-order valence-corrected chi connectivity index (χ0v) is 11.8. The number of carbonyl (C=O) groups excluding carboxylic acids is 1. The number of anilines is 1. The van der Waals surface area contributed by atoms with E-state index < -0.39 is 0 Å². The van der Waals surface area contributed by atoms with Gasteiger partial charge in [-0.2, -0.15) is 0 Å². The van der Waals surface area contributed by atoms with E-state index in [2.05, 4.69) is 5.32 Å².